The summed E-state index contributed by atoms with van der Waals surface area (Å²) in [7, 11) is 3.41. The lowest BCUT2D eigenvalue weighted by molar-refractivity contribution is 0.373. The first kappa shape index (κ1) is 12.0. The summed E-state index contributed by atoms with van der Waals surface area (Å²) in [5.74, 6) is 1.71. The molecule has 0 atom stereocenters. The van der Waals surface area contributed by atoms with Gasteiger partial charge in [0.2, 0.25) is 11.8 Å². The van der Waals surface area contributed by atoms with Gasteiger partial charge in [-0.25, -0.2) is 4.68 Å². The van der Waals surface area contributed by atoms with Crippen molar-refractivity contribution in [1.82, 2.24) is 19.7 Å². The fourth-order valence-corrected chi connectivity index (χ4v) is 1.54. The third kappa shape index (κ3) is 2.59. The van der Waals surface area contributed by atoms with Gasteiger partial charge in [0, 0.05) is 19.2 Å². The number of nitrogen functional groups attached to an aromatic ring is 2. The van der Waals surface area contributed by atoms with Gasteiger partial charge in [-0.3, -0.25) is 0 Å². The number of nitrogens with one attached hydrogen (secondary N) is 1. The van der Waals surface area contributed by atoms with Crippen molar-refractivity contribution >= 4 is 17.6 Å². The van der Waals surface area contributed by atoms with Gasteiger partial charge in [-0.2, -0.15) is 15.1 Å². The van der Waals surface area contributed by atoms with Crippen LogP contribution in [-0.2, 0) is 13.6 Å². The Morgan fingerprint density at radius 3 is 2.72 bits per heavy atom. The van der Waals surface area contributed by atoms with Crippen molar-refractivity contribution in [3.8, 4) is 5.88 Å². The molecular weight excluding hydrogens is 234 g/mol. The fourth-order valence-electron chi connectivity index (χ4n) is 1.54. The Morgan fingerprint density at radius 1 is 1.33 bits per heavy atom. The number of aryl methyl sites for hydroxylation is 1. The monoisotopic (exact) mass is 249 g/mol. The summed E-state index contributed by atoms with van der Waals surface area (Å²) >= 11 is 0. The van der Waals surface area contributed by atoms with E-state index < -0.39 is 0 Å². The van der Waals surface area contributed by atoms with E-state index in [9.17, 15) is 0 Å². The van der Waals surface area contributed by atoms with E-state index in [-0.39, 0.29) is 5.95 Å². The third-order valence-corrected chi connectivity index (χ3v) is 2.31. The zero-order valence-corrected chi connectivity index (χ0v) is 10.2. The SMILES string of the molecule is COc1cc(CNc2cc(N)nc(N)n2)nn1C. The second kappa shape index (κ2) is 4.78. The topological polar surface area (TPSA) is 117 Å². The molecule has 0 fully saturated rings. The van der Waals surface area contributed by atoms with Gasteiger partial charge in [0.1, 0.15) is 11.6 Å². The third-order valence-electron chi connectivity index (χ3n) is 2.31. The number of nitrogens with two attached hydrogens (primary N) is 2. The van der Waals surface area contributed by atoms with E-state index in [1.807, 2.05) is 13.1 Å². The summed E-state index contributed by atoms with van der Waals surface area (Å²) in [4.78, 5) is 7.79. The molecule has 0 aliphatic heterocycles. The highest BCUT2D eigenvalue weighted by Gasteiger charge is 2.05. The first-order chi connectivity index (χ1) is 8.58. The highest BCUT2D eigenvalue weighted by atomic mass is 16.5. The smallest absolute Gasteiger partial charge is 0.223 e. The minimum atomic E-state index is 0.135. The Morgan fingerprint density at radius 2 is 2.11 bits per heavy atom. The summed E-state index contributed by atoms with van der Waals surface area (Å²) in [6.07, 6.45) is 0. The number of anilines is 3. The Balaban J connectivity index is 2.06. The number of rotatable bonds is 4. The van der Waals surface area contributed by atoms with E-state index in [2.05, 4.69) is 20.4 Å². The summed E-state index contributed by atoms with van der Waals surface area (Å²) in [6.45, 7) is 0.493. The van der Waals surface area contributed by atoms with Gasteiger partial charge < -0.3 is 21.5 Å². The molecule has 0 unspecified atom stereocenters. The molecule has 0 amide bonds. The number of hydrogen-bond acceptors (Lipinski definition) is 7. The van der Waals surface area contributed by atoms with Gasteiger partial charge >= 0.3 is 0 Å². The van der Waals surface area contributed by atoms with Crippen LogP contribution in [0.25, 0.3) is 0 Å². The van der Waals surface area contributed by atoms with E-state index in [1.54, 1.807) is 17.9 Å². The van der Waals surface area contributed by atoms with E-state index >= 15 is 0 Å². The van der Waals surface area contributed by atoms with Crippen LogP contribution in [-0.4, -0.2) is 26.9 Å². The number of nitrogens with zero attached hydrogens (tertiary/aromatic N) is 4. The number of methoxy groups -OCH3 is 1. The largest absolute Gasteiger partial charge is 0.481 e. The van der Waals surface area contributed by atoms with Crippen molar-refractivity contribution in [1.29, 1.82) is 0 Å². The summed E-state index contributed by atoms with van der Waals surface area (Å²) in [5, 5.41) is 7.33. The molecule has 0 saturated heterocycles. The molecule has 8 nitrogen and oxygen atoms in total. The highest BCUT2D eigenvalue weighted by molar-refractivity contribution is 5.48. The van der Waals surface area contributed by atoms with Crippen LogP contribution in [0.2, 0.25) is 0 Å². The molecule has 0 bridgehead atoms. The summed E-state index contributed by atoms with van der Waals surface area (Å²) in [5.41, 5.74) is 11.9. The molecule has 8 heteroatoms. The average molecular weight is 249 g/mol. The molecule has 2 heterocycles. The lowest BCUT2D eigenvalue weighted by Gasteiger charge is -2.04. The molecule has 0 aliphatic carbocycles. The second-order valence-corrected chi connectivity index (χ2v) is 3.69. The van der Waals surface area contributed by atoms with E-state index in [1.165, 1.54) is 0 Å². The summed E-state index contributed by atoms with van der Waals surface area (Å²) in [6, 6.07) is 3.44. The van der Waals surface area contributed by atoms with Crippen molar-refractivity contribution < 1.29 is 4.74 Å². The minimum absolute atomic E-state index is 0.135. The maximum absolute atomic E-state index is 5.57. The van der Waals surface area contributed by atoms with Crippen LogP contribution in [0.4, 0.5) is 17.6 Å². The number of hydrogen-bond donors (Lipinski definition) is 3. The van der Waals surface area contributed by atoms with E-state index in [4.69, 9.17) is 16.2 Å². The minimum Gasteiger partial charge on any atom is -0.481 e. The molecule has 2 rings (SSSR count). The Labute approximate surface area is 104 Å². The van der Waals surface area contributed by atoms with Crippen molar-refractivity contribution in [2.45, 2.75) is 6.54 Å². The van der Waals surface area contributed by atoms with Crippen LogP contribution >= 0.6 is 0 Å². The fraction of sp³-hybridized carbons (Fsp3) is 0.300. The normalized spacial score (nSPS) is 10.3. The van der Waals surface area contributed by atoms with Gasteiger partial charge in [-0.15, -0.1) is 0 Å². The van der Waals surface area contributed by atoms with Gasteiger partial charge in [-0.05, 0) is 0 Å². The Bertz CT molecular complexity index is 531. The first-order valence-electron chi connectivity index (χ1n) is 5.29. The average Bonchev–Trinajstić information content (AvgIpc) is 2.66. The summed E-state index contributed by atoms with van der Waals surface area (Å²) < 4.78 is 6.78. The predicted molar refractivity (Wildman–Crippen MR) is 67.9 cm³/mol. The van der Waals surface area contributed by atoms with Crippen LogP contribution in [0.5, 0.6) is 5.88 Å². The van der Waals surface area contributed by atoms with Gasteiger partial charge in [0.15, 0.2) is 0 Å². The molecule has 0 radical (unpaired) electrons. The number of aromatic nitrogens is 4. The molecule has 0 aromatic carbocycles. The van der Waals surface area contributed by atoms with Crippen molar-refractivity contribution in [3.05, 3.63) is 17.8 Å². The van der Waals surface area contributed by atoms with Gasteiger partial charge in [0.05, 0.1) is 19.3 Å². The maximum Gasteiger partial charge on any atom is 0.223 e. The van der Waals surface area contributed by atoms with Crippen molar-refractivity contribution in [3.63, 3.8) is 0 Å². The van der Waals surface area contributed by atoms with Crippen LogP contribution < -0.4 is 21.5 Å². The standard InChI is InChI=1S/C10H15N7O/c1-17-9(18-2)3-6(16-17)5-13-8-4-7(11)14-10(12)15-8/h3-4H,5H2,1-2H3,(H5,11,12,13,14,15). The van der Waals surface area contributed by atoms with E-state index in [0.29, 0.717) is 24.1 Å². The number of ether oxygens (including phenoxy) is 1. The van der Waals surface area contributed by atoms with Crippen molar-refractivity contribution in [2.24, 2.45) is 7.05 Å². The first-order valence-corrected chi connectivity index (χ1v) is 5.29. The van der Waals surface area contributed by atoms with Crippen LogP contribution in [0.3, 0.4) is 0 Å². The lowest BCUT2D eigenvalue weighted by atomic mass is 10.4. The molecule has 2 aromatic heterocycles. The zero-order chi connectivity index (χ0) is 13.1. The van der Waals surface area contributed by atoms with E-state index in [0.717, 1.165) is 5.69 Å². The highest BCUT2D eigenvalue weighted by Crippen LogP contribution is 2.14. The molecule has 0 aliphatic rings. The van der Waals surface area contributed by atoms with Crippen LogP contribution in [0.1, 0.15) is 5.69 Å². The Hall–Kier alpha value is -2.51. The van der Waals surface area contributed by atoms with Gasteiger partial charge in [-0.1, -0.05) is 0 Å². The quantitative estimate of drug-likeness (QED) is 0.697. The molecule has 18 heavy (non-hydrogen) atoms. The molecule has 0 spiro atoms. The molecule has 5 N–H and O–H groups in total. The van der Waals surface area contributed by atoms with Crippen molar-refractivity contribution in [2.75, 3.05) is 23.9 Å². The zero-order valence-electron chi connectivity index (χ0n) is 10.2. The molecule has 2 aromatic rings. The second-order valence-electron chi connectivity index (χ2n) is 3.69. The van der Waals surface area contributed by atoms with Crippen LogP contribution in [0, 0.1) is 0 Å². The molecule has 0 saturated carbocycles. The van der Waals surface area contributed by atoms with Crippen LogP contribution in [0.15, 0.2) is 12.1 Å². The molecule has 96 valence electrons. The molecular formula is C10H15N7O. The predicted octanol–water partition coefficient (Wildman–Crippen LogP) is -0.00480. The van der Waals surface area contributed by atoms with Gasteiger partial charge in [0.25, 0.3) is 0 Å². The lowest BCUT2D eigenvalue weighted by Crippen LogP contribution is -2.06. The Kier molecular flexibility index (Phi) is 3.18. The maximum atomic E-state index is 5.57.